The molecule has 0 radical (unpaired) electrons. The molecule has 0 spiro atoms. The van der Waals surface area contributed by atoms with E-state index < -0.39 is 0 Å². The lowest BCUT2D eigenvalue weighted by molar-refractivity contribution is -0.116. The third-order valence-corrected chi connectivity index (χ3v) is 3.73. The molecule has 0 saturated heterocycles. The van der Waals surface area contributed by atoms with E-state index in [0.717, 1.165) is 31.0 Å². The lowest BCUT2D eigenvalue weighted by Crippen LogP contribution is -2.27. The van der Waals surface area contributed by atoms with Crippen LogP contribution < -0.4 is 16.0 Å². The molecule has 2 aromatic heterocycles. The quantitative estimate of drug-likeness (QED) is 0.770. The maximum atomic E-state index is 11.7. The molecule has 1 aliphatic rings. The molecule has 24 heavy (non-hydrogen) atoms. The average Bonchev–Trinajstić information content (AvgIpc) is 2.56. The Morgan fingerprint density at radius 2 is 2.04 bits per heavy atom. The van der Waals surface area contributed by atoms with Crippen molar-refractivity contribution in [1.29, 1.82) is 0 Å². The van der Waals surface area contributed by atoms with E-state index in [2.05, 4.69) is 32.0 Å². The van der Waals surface area contributed by atoms with E-state index >= 15 is 0 Å². The third kappa shape index (κ3) is 4.27. The molecule has 3 heterocycles. The zero-order chi connectivity index (χ0) is 16.9. The zero-order valence-corrected chi connectivity index (χ0v) is 14.0. The second-order valence-electron chi connectivity index (χ2n) is 6.11. The van der Waals surface area contributed by atoms with Gasteiger partial charge in [-0.15, -0.1) is 0 Å². The second-order valence-corrected chi connectivity index (χ2v) is 6.11. The van der Waals surface area contributed by atoms with Crippen molar-refractivity contribution in [3.05, 3.63) is 41.7 Å². The number of fused-ring (bicyclic) bond motifs is 1. The molecular weight excluding hydrogens is 304 g/mol. The lowest BCUT2D eigenvalue weighted by atomic mass is 10.0. The normalized spacial score (nSPS) is 13.5. The van der Waals surface area contributed by atoms with Crippen molar-refractivity contribution in [2.24, 2.45) is 0 Å². The summed E-state index contributed by atoms with van der Waals surface area (Å²) in [5.41, 5.74) is 3.41. The van der Waals surface area contributed by atoms with Gasteiger partial charge >= 0.3 is 0 Å². The van der Waals surface area contributed by atoms with Crippen LogP contribution in [-0.4, -0.2) is 48.0 Å². The number of nitrogens with one attached hydrogen (secondary N) is 3. The zero-order valence-electron chi connectivity index (χ0n) is 14.0. The van der Waals surface area contributed by atoms with Crippen molar-refractivity contribution in [1.82, 2.24) is 20.2 Å². The predicted octanol–water partition coefficient (Wildman–Crippen LogP) is 1.37. The van der Waals surface area contributed by atoms with Crippen LogP contribution in [0.4, 0.5) is 17.3 Å². The molecule has 126 valence electrons. The Morgan fingerprint density at radius 3 is 2.79 bits per heavy atom. The van der Waals surface area contributed by atoms with Crippen molar-refractivity contribution in [3.63, 3.8) is 0 Å². The maximum absolute atomic E-state index is 11.7. The molecule has 2 aromatic rings. The molecule has 0 aliphatic carbocycles. The van der Waals surface area contributed by atoms with E-state index in [1.807, 2.05) is 31.3 Å². The van der Waals surface area contributed by atoms with Crippen LogP contribution in [0.25, 0.3) is 0 Å². The van der Waals surface area contributed by atoms with Crippen molar-refractivity contribution >= 4 is 23.2 Å². The summed E-state index contributed by atoms with van der Waals surface area (Å²) >= 11 is 0. The maximum Gasteiger partial charge on any atom is 0.239 e. The third-order valence-electron chi connectivity index (χ3n) is 3.73. The van der Waals surface area contributed by atoms with Gasteiger partial charge in [-0.05, 0) is 56.4 Å². The Hall–Kier alpha value is -2.51. The first-order chi connectivity index (χ1) is 11.6. The molecule has 7 nitrogen and oxygen atoms in total. The number of carbonyl (C=O) groups is 1. The van der Waals surface area contributed by atoms with E-state index in [9.17, 15) is 4.79 Å². The van der Waals surface area contributed by atoms with E-state index in [0.29, 0.717) is 12.4 Å². The Kier molecular flexibility index (Phi) is 5.02. The Labute approximate surface area is 141 Å². The molecule has 3 N–H and O–H groups in total. The lowest BCUT2D eigenvalue weighted by Gasteiger charge is -2.17. The van der Waals surface area contributed by atoms with E-state index in [1.165, 1.54) is 11.1 Å². The summed E-state index contributed by atoms with van der Waals surface area (Å²) in [6, 6.07) is 5.71. The highest BCUT2D eigenvalue weighted by atomic mass is 16.2. The number of anilines is 3. The van der Waals surface area contributed by atoms with Crippen LogP contribution in [0.5, 0.6) is 0 Å². The molecule has 0 fully saturated rings. The number of carbonyl (C=O) groups excluding carboxylic acids is 1. The van der Waals surface area contributed by atoms with E-state index in [4.69, 9.17) is 0 Å². The standard InChI is InChI=1S/C17H22N6O/c1-23(2)11-17(24)22-15-4-3-14(10-20-15)21-16-7-13-8-18-6-5-12(13)9-19-16/h3-4,7,9-10,18H,5-6,8,11H2,1-2H3,(H,19,21)(H,20,22,24). The molecule has 7 heteroatoms. The molecule has 0 saturated carbocycles. The van der Waals surface area contributed by atoms with Gasteiger partial charge in [0.1, 0.15) is 11.6 Å². The summed E-state index contributed by atoms with van der Waals surface area (Å²) in [4.78, 5) is 22.2. The fourth-order valence-electron chi connectivity index (χ4n) is 2.59. The van der Waals surface area contributed by atoms with Crippen molar-refractivity contribution in [3.8, 4) is 0 Å². The minimum absolute atomic E-state index is 0.0861. The average molecular weight is 326 g/mol. The number of nitrogens with zero attached hydrogens (tertiary/aromatic N) is 3. The van der Waals surface area contributed by atoms with Gasteiger partial charge in [-0.3, -0.25) is 4.79 Å². The Balaban J connectivity index is 1.63. The predicted molar refractivity (Wildman–Crippen MR) is 94.4 cm³/mol. The molecular formula is C17H22N6O. The number of pyridine rings is 2. The van der Waals surface area contributed by atoms with Crippen LogP contribution in [-0.2, 0) is 17.8 Å². The largest absolute Gasteiger partial charge is 0.339 e. The molecule has 1 aliphatic heterocycles. The topological polar surface area (TPSA) is 82.2 Å². The fourth-order valence-corrected chi connectivity index (χ4v) is 2.59. The number of likely N-dealkylation sites (N-methyl/N-ethyl adjacent to an activating group) is 1. The van der Waals surface area contributed by atoms with Crippen LogP contribution in [0.15, 0.2) is 30.6 Å². The van der Waals surface area contributed by atoms with E-state index in [-0.39, 0.29) is 5.91 Å². The van der Waals surface area contributed by atoms with Crippen LogP contribution in [0, 0.1) is 0 Å². The fraction of sp³-hybridized carbons (Fsp3) is 0.353. The van der Waals surface area contributed by atoms with Crippen LogP contribution in [0.2, 0.25) is 0 Å². The molecule has 0 aromatic carbocycles. The second kappa shape index (κ2) is 7.37. The minimum Gasteiger partial charge on any atom is -0.339 e. The van der Waals surface area contributed by atoms with E-state index in [1.54, 1.807) is 12.3 Å². The van der Waals surface area contributed by atoms with Gasteiger partial charge < -0.3 is 20.9 Å². The first kappa shape index (κ1) is 16.4. The monoisotopic (exact) mass is 326 g/mol. The van der Waals surface area contributed by atoms with Gasteiger partial charge in [0.05, 0.1) is 18.4 Å². The summed E-state index contributed by atoms with van der Waals surface area (Å²) < 4.78 is 0. The molecule has 0 atom stereocenters. The smallest absolute Gasteiger partial charge is 0.239 e. The summed E-state index contributed by atoms with van der Waals surface area (Å²) in [6.45, 7) is 2.21. The number of rotatable bonds is 5. The van der Waals surface area contributed by atoms with Crippen LogP contribution >= 0.6 is 0 Å². The van der Waals surface area contributed by atoms with Crippen molar-refractivity contribution in [2.45, 2.75) is 13.0 Å². The van der Waals surface area contributed by atoms with Gasteiger partial charge in [0.15, 0.2) is 0 Å². The van der Waals surface area contributed by atoms with Gasteiger partial charge in [0, 0.05) is 12.7 Å². The first-order valence-corrected chi connectivity index (χ1v) is 7.96. The summed E-state index contributed by atoms with van der Waals surface area (Å²) in [6.07, 6.45) is 4.64. The Morgan fingerprint density at radius 1 is 1.21 bits per heavy atom. The van der Waals surface area contributed by atoms with Crippen LogP contribution in [0.1, 0.15) is 11.1 Å². The highest BCUT2D eigenvalue weighted by molar-refractivity contribution is 5.91. The number of aromatic nitrogens is 2. The van der Waals surface area contributed by atoms with Gasteiger partial charge in [-0.1, -0.05) is 0 Å². The Bertz CT molecular complexity index is 714. The van der Waals surface area contributed by atoms with Crippen molar-refractivity contribution in [2.75, 3.05) is 37.8 Å². The highest BCUT2D eigenvalue weighted by Gasteiger charge is 2.10. The number of amides is 1. The molecule has 0 unspecified atom stereocenters. The molecule has 0 bridgehead atoms. The highest BCUT2D eigenvalue weighted by Crippen LogP contribution is 2.20. The van der Waals surface area contributed by atoms with Crippen LogP contribution in [0.3, 0.4) is 0 Å². The molecule has 3 rings (SSSR count). The summed E-state index contributed by atoms with van der Waals surface area (Å²) in [5.74, 6) is 1.25. The van der Waals surface area contributed by atoms with Crippen molar-refractivity contribution < 1.29 is 4.79 Å². The van der Waals surface area contributed by atoms with Gasteiger partial charge in [0.25, 0.3) is 0 Å². The number of hydrogen-bond donors (Lipinski definition) is 3. The number of hydrogen-bond acceptors (Lipinski definition) is 6. The minimum atomic E-state index is -0.0861. The van der Waals surface area contributed by atoms with Gasteiger partial charge in [0.2, 0.25) is 5.91 Å². The SMILES string of the molecule is CN(C)CC(=O)Nc1ccc(Nc2cc3c(cn2)CCNC3)cn1. The van der Waals surface area contributed by atoms with Gasteiger partial charge in [-0.2, -0.15) is 0 Å². The molecule has 1 amide bonds. The summed E-state index contributed by atoms with van der Waals surface area (Å²) in [5, 5.41) is 9.37. The summed E-state index contributed by atoms with van der Waals surface area (Å²) in [7, 11) is 3.70. The first-order valence-electron chi connectivity index (χ1n) is 7.96. The van der Waals surface area contributed by atoms with Gasteiger partial charge in [-0.25, -0.2) is 9.97 Å².